The topological polar surface area (TPSA) is 55.4 Å². The van der Waals surface area contributed by atoms with Crippen LogP contribution < -0.4 is 5.32 Å². The fraction of sp³-hybridized carbons (Fsp3) is 0.222. The minimum atomic E-state index is -0.510. The molecular weight excluding hydrogens is 358 g/mol. The van der Waals surface area contributed by atoms with Crippen LogP contribution in [0.5, 0.6) is 0 Å². The number of hydrogen-bond acceptors (Lipinski definition) is 3. The molecular formula is C18H18BrNO3. The first-order valence-electron chi connectivity index (χ1n) is 7.17. The lowest BCUT2D eigenvalue weighted by atomic mass is 10.1. The lowest BCUT2D eigenvalue weighted by molar-refractivity contribution is -0.119. The van der Waals surface area contributed by atoms with Gasteiger partial charge in [-0.3, -0.25) is 4.79 Å². The summed E-state index contributed by atoms with van der Waals surface area (Å²) in [7, 11) is 0. The van der Waals surface area contributed by atoms with Crippen LogP contribution >= 0.6 is 15.9 Å². The van der Waals surface area contributed by atoms with Crippen LogP contribution in [-0.2, 0) is 9.53 Å². The highest BCUT2D eigenvalue weighted by Gasteiger charge is 2.11. The van der Waals surface area contributed by atoms with Crippen molar-refractivity contribution in [3.05, 3.63) is 63.1 Å². The third-order valence-corrected chi connectivity index (χ3v) is 4.26. The Balaban J connectivity index is 1.94. The SMILES string of the molecule is Cc1ccc(C(=O)OCC(=O)Nc2cc(C)c(Br)cc2C)cc1. The molecule has 1 amide bonds. The van der Waals surface area contributed by atoms with E-state index < -0.39 is 5.97 Å². The fourth-order valence-electron chi connectivity index (χ4n) is 2.01. The second-order valence-corrected chi connectivity index (χ2v) is 6.26. The molecule has 0 aliphatic carbocycles. The number of halogens is 1. The number of carbonyl (C=O) groups is 2. The second kappa shape index (κ2) is 7.42. The first-order valence-corrected chi connectivity index (χ1v) is 7.96. The number of rotatable bonds is 4. The average Bonchev–Trinajstić information content (AvgIpc) is 2.51. The Labute approximate surface area is 144 Å². The maximum atomic E-state index is 12.0. The summed E-state index contributed by atoms with van der Waals surface area (Å²) in [6.45, 7) is 5.46. The van der Waals surface area contributed by atoms with Gasteiger partial charge in [0, 0.05) is 10.2 Å². The molecule has 4 nitrogen and oxygen atoms in total. The van der Waals surface area contributed by atoms with Crippen molar-refractivity contribution in [2.45, 2.75) is 20.8 Å². The number of esters is 1. The van der Waals surface area contributed by atoms with Crippen LogP contribution in [0.25, 0.3) is 0 Å². The molecule has 120 valence electrons. The summed E-state index contributed by atoms with van der Waals surface area (Å²) in [5, 5.41) is 2.76. The van der Waals surface area contributed by atoms with Crippen molar-refractivity contribution in [1.82, 2.24) is 0 Å². The van der Waals surface area contributed by atoms with Crippen molar-refractivity contribution in [1.29, 1.82) is 0 Å². The molecule has 0 heterocycles. The Hall–Kier alpha value is -2.14. The summed E-state index contributed by atoms with van der Waals surface area (Å²) < 4.78 is 6.02. The maximum Gasteiger partial charge on any atom is 0.338 e. The number of carbonyl (C=O) groups excluding carboxylic acids is 2. The van der Waals surface area contributed by atoms with Crippen molar-refractivity contribution >= 4 is 33.5 Å². The molecule has 0 aromatic heterocycles. The molecule has 2 rings (SSSR count). The summed E-state index contributed by atoms with van der Waals surface area (Å²) in [4.78, 5) is 23.8. The van der Waals surface area contributed by atoms with Gasteiger partial charge in [0.05, 0.1) is 5.56 Å². The van der Waals surface area contributed by atoms with E-state index in [1.165, 1.54) is 0 Å². The Morgan fingerprint density at radius 3 is 2.35 bits per heavy atom. The summed E-state index contributed by atoms with van der Waals surface area (Å²) in [5.41, 5.74) is 4.14. The van der Waals surface area contributed by atoms with Gasteiger partial charge in [0.25, 0.3) is 5.91 Å². The molecule has 0 aliphatic rings. The number of aryl methyl sites for hydroxylation is 3. The zero-order valence-electron chi connectivity index (χ0n) is 13.3. The highest BCUT2D eigenvalue weighted by Crippen LogP contribution is 2.24. The molecule has 0 radical (unpaired) electrons. The van der Waals surface area contributed by atoms with E-state index in [9.17, 15) is 9.59 Å². The lowest BCUT2D eigenvalue weighted by Gasteiger charge is -2.11. The predicted octanol–water partition coefficient (Wildman–Crippen LogP) is 4.17. The zero-order chi connectivity index (χ0) is 17.0. The Morgan fingerprint density at radius 2 is 1.70 bits per heavy atom. The second-order valence-electron chi connectivity index (χ2n) is 5.41. The summed E-state index contributed by atoms with van der Waals surface area (Å²) in [5.74, 6) is -0.876. The monoisotopic (exact) mass is 375 g/mol. The zero-order valence-corrected chi connectivity index (χ0v) is 14.9. The van der Waals surface area contributed by atoms with E-state index in [-0.39, 0.29) is 12.5 Å². The van der Waals surface area contributed by atoms with E-state index in [0.717, 1.165) is 21.2 Å². The summed E-state index contributed by atoms with van der Waals surface area (Å²) >= 11 is 3.45. The molecule has 0 bridgehead atoms. The summed E-state index contributed by atoms with van der Waals surface area (Å²) in [6, 6.07) is 10.8. The minimum absolute atomic E-state index is 0.318. The van der Waals surface area contributed by atoms with Crippen molar-refractivity contribution < 1.29 is 14.3 Å². The molecule has 0 saturated carbocycles. The van der Waals surface area contributed by atoms with E-state index in [1.807, 2.05) is 45.0 Å². The lowest BCUT2D eigenvalue weighted by Crippen LogP contribution is -2.21. The van der Waals surface area contributed by atoms with Crippen molar-refractivity contribution in [2.24, 2.45) is 0 Å². The third-order valence-electron chi connectivity index (χ3n) is 3.40. The van der Waals surface area contributed by atoms with Gasteiger partial charge in [-0.15, -0.1) is 0 Å². The molecule has 0 saturated heterocycles. The van der Waals surface area contributed by atoms with Crippen molar-refractivity contribution in [3.63, 3.8) is 0 Å². The number of nitrogens with one attached hydrogen (secondary N) is 1. The van der Waals surface area contributed by atoms with E-state index in [4.69, 9.17) is 4.74 Å². The summed E-state index contributed by atoms with van der Waals surface area (Å²) in [6.07, 6.45) is 0. The van der Waals surface area contributed by atoms with Crippen LogP contribution in [0.3, 0.4) is 0 Å². The highest BCUT2D eigenvalue weighted by atomic mass is 79.9. The number of anilines is 1. The quantitative estimate of drug-likeness (QED) is 0.815. The highest BCUT2D eigenvalue weighted by molar-refractivity contribution is 9.10. The molecule has 0 spiro atoms. The first-order chi connectivity index (χ1) is 10.9. The molecule has 1 N–H and O–H groups in total. The smallest absolute Gasteiger partial charge is 0.338 e. The van der Waals surface area contributed by atoms with Gasteiger partial charge in [0.15, 0.2) is 6.61 Å². The molecule has 0 fully saturated rings. The van der Waals surface area contributed by atoms with Gasteiger partial charge in [-0.25, -0.2) is 4.79 Å². The van der Waals surface area contributed by atoms with Gasteiger partial charge < -0.3 is 10.1 Å². The number of benzene rings is 2. The maximum absolute atomic E-state index is 12.0. The molecule has 5 heteroatoms. The third kappa shape index (κ3) is 4.66. The standard InChI is InChI=1S/C18H18BrNO3/c1-11-4-6-14(7-5-11)18(22)23-10-17(21)20-16-9-12(2)15(19)8-13(16)3/h4-9H,10H2,1-3H3,(H,20,21). The normalized spacial score (nSPS) is 10.3. The van der Waals surface area contributed by atoms with Crippen LogP contribution in [0.4, 0.5) is 5.69 Å². The fourth-order valence-corrected chi connectivity index (χ4v) is 2.46. The van der Waals surface area contributed by atoms with Crippen LogP contribution in [0.2, 0.25) is 0 Å². The predicted molar refractivity (Wildman–Crippen MR) is 93.7 cm³/mol. The van der Waals surface area contributed by atoms with Crippen LogP contribution in [0.1, 0.15) is 27.0 Å². The van der Waals surface area contributed by atoms with Crippen LogP contribution in [0.15, 0.2) is 40.9 Å². The molecule has 23 heavy (non-hydrogen) atoms. The number of ether oxygens (including phenoxy) is 1. The van der Waals surface area contributed by atoms with Gasteiger partial charge >= 0.3 is 5.97 Å². The number of amides is 1. The van der Waals surface area contributed by atoms with E-state index in [2.05, 4.69) is 21.2 Å². The van der Waals surface area contributed by atoms with Gasteiger partial charge in [0.1, 0.15) is 0 Å². The van der Waals surface area contributed by atoms with Crippen LogP contribution in [0, 0.1) is 20.8 Å². The number of hydrogen-bond donors (Lipinski definition) is 1. The van der Waals surface area contributed by atoms with Crippen molar-refractivity contribution in [3.8, 4) is 0 Å². The Morgan fingerprint density at radius 1 is 1.04 bits per heavy atom. The van der Waals surface area contributed by atoms with E-state index in [0.29, 0.717) is 11.3 Å². The molecule has 0 atom stereocenters. The van der Waals surface area contributed by atoms with Gasteiger partial charge in [0.2, 0.25) is 0 Å². The van der Waals surface area contributed by atoms with E-state index in [1.54, 1.807) is 12.1 Å². The minimum Gasteiger partial charge on any atom is -0.452 e. The largest absolute Gasteiger partial charge is 0.452 e. The van der Waals surface area contributed by atoms with Gasteiger partial charge in [-0.1, -0.05) is 33.6 Å². The van der Waals surface area contributed by atoms with E-state index >= 15 is 0 Å². The Bertz CT molecular complexity index is 739. The van der Waals surface area contributed by atoms with Crippen molar-refractivity contribution in [2.75, 3.05) is 11.9 Å². The first kappa shape index (κ1) is 17.2. The Kier molecular flexibility index (Phi) is 5.55. The molecule has 2 aromatic rings. The average molecular weight is 376 g/mol. The molecule has 2 aromatic carbocycles. The van der Waals surface area contributed by atoms with Crippen LogP contribution in [-0.4, -0.2) is 18.5 Å². The van der Waals surface area contributed by atoms with Gasteiger partial charge in [-0.2, -0.15) is 0 Å². The molecule has 0 aliphatic heterocycles. The molecule has 0 unspecified atom stereocenters. The van der Waals surface area contributed by atoms with Gasteiger partial charge in [-0.05, 0) is 56.2 Å².